The minimum atomic E-state index is 0.838. The van der Waals surface area contributed by atoms with Crippen molar-refractivity contribution in [1.29, 1.82) is 0 Å². The average molecular weight is 276 g/mol. The van der Waals surface area contributed by atoms with Gasteiger partial charge in [0, 0.05) is 11.6 Å². The predicted octanol–water partition coefficient (Wildman–Crippen LogP) is 2.98. The number of aromatic nitrogens is 3. The number of imidazole rings is 1. The van der Waals surface area contributed by atoms with Gasteiger partial charge in [-0.2, -0.15) is 4.40 Å². The molecule has 0 unspecified atom stereocenters. The third kappa shape index (κ3) is 1.92. The molecule has 0 atom stereocenters. The molecule has 1 N–H and O–H groups in total. The van der Waals surface area contributed by atoms with Crippen LogP contribution in [0.4, 0.5) is 0 Å². The maximum atomic E-state index is 5.18. The van der Waals surface area contributed by atoms with Gasteiger partial charge < -0.3 is 4.74 Å². The fourth-order valence-electron chi connectivity index (χ4n) is 2.54. The number of fused-ring (bicyclic) bond motifs is 3. The van der Waals surface area contributed by atoms with E-state index in [9.17, 15) is 0 Å². The number of aromatic amines is 1. The summed E-state index contributed by atoms with van der Waals surface area (Å²) in [5, 5.41) is 0. The van der Waals surface area contributed by atoms with Crippen molar-refractivity contribution < 1.29 is 9.14 Å². The molecule has 4 heteroatoms. The predicted molar refractivity (Wildman–Crippen MR) is 81.2 cm³/mol. The number of methoxy groups -OCH3 is 1. The number of nitrogens with zero attached hydrogens (tertiary/aromatic N) is 2. The van der Waals surface area contributed by atoms with E-state index in [0.29, 0.717) is 0 Å². The van der Waals surface area contributed by atoms with Crippen LogP contribution in [0, 0.1) is 0 Å². The van der Waals surface area contributed by atoms with E-state index in [1.165, 1.54) is 0 Å². The van der Waals surface area contributed by atoms with Gasteiger partial charge in [0.15, 0.2) is 5.69 Å². The summed E-state index contributed by atoms with van der Waals surface area (Å²) in [7, 11) is 1.67. The number of ether oxygens (including phenoxy) is 1. The lowest BCUT2D eigenvalue weighted by atomic mass is 10.1. The fraction of sp³-hybridized carbons (Fsp3) is 0.0588. The minimum absolute atomic E-state index is 0.838. The summed E-state index contributed by atoms with van der Waals surface area (Å²) in [5.41, 5.74) is 4.21. The maximum Gasteiger partial charge on any atom is 0.402 e. The zero-order valence-electron chi connectivity index (χ0n) is 11.6. The van der Waals surface area contributed by atoms with Crippen LogP contribution in [0.5, 0.6) is 5.75 Å². The molecule has 0 saturated heterocycles. The summed E-state index contributed by atoms with van der Waals surface area (Å²) in [6, 6.07) is 18.1. The number of hydrogen-bond acceptors (Lipinski definition) is 2. The van der Waals surface area contributed by atoms with Crippen molar-refractivity contribution in [2.75, 3.05) is 7.11 Å². The van der Waals surface area contributed by atoms with Gasteiger partial charge in [0.1, 0.15) is 16.8 Å². The van der Waals surface area contributed by atoms with Gasteiger partial charge in [0.2, 0.25) is 0 Å². The third-order valence-electron chi connectivity index (χ3n) is 3.63. The SMILES string of the molecule is COc1ccc(-c2cc[n+]3c(n2)[nH]c2ccccc23)cc1. The average Bonchev–Trinajstić information content (AvgIpc) is 2.92. The van der Waals surface area contributed by atoms with Gasteiger partial charge in [-0.25, -0.2) is 4.98 Å². The molecule has 0 aliphatic carbocycles. The molecule has 0 saturated carbocycles. The molecule has 0 spiro atoms. The molecule has 2 heterocycles. The van der Waals surface area contributed by atoms with E-state index < -0.39 is 0 Å². The highest BCUT2D eigenvalue weighted by Crippen LogP contribution is 2.20. The highest BCUT2D eigenvalue weighted by molar-refractivity contribution is 5.73. The quantitative estimate of drug-likeness (QED) is 0.572. The molecule has 0 bridgehead atoms. The highest BCUT2D eigenvalue weighted by Gasteiger charge is 2.13. The summed E-state index contributed by atoms with van der Waals surface area (Å²) >= 11 is 0. The number of benzene rings is 2. The molecule has 0 fully saturated rings. The van der Waals surface area contributed by atoms with Crippen LogP contribution in [-0.2, 0) is 0 Å². The Morgan fingerprint density at radius 3 is 2.62 bits per heavy atom. The van der Waals surface area contributed by atoms with Crippen molar-refractivity contribution in [1.82, 2.24) is 9.97 Å². The van der Waals surface area contributed by atoms with Gasteiger partial charge in [-0.05, 0) is 36.4 Å². The van der Waals surface area contributed by atoms with Crippen molar-refractivity contribution in [2.24, 2.45) is 0 Å². The van der Waals surface area contributed by atoms with Crippen LogP contribution in [0.3, 0.4) is 0 Å². The highest BCUT2D eigenvalue weighted by atomic mass is 16.5. The third-order valence-corrected chi connectivity index (χ3v) is 3.63. The summed E-state index contributed by atoms with van der Waals surface area (Å²) in [4.78, 5) is 8.04. The van der Waals surface area contributed by atoms with Crippen molar-refractivity contribution in [2.45, 2.75) is 0 Å². The van der Waals surface area contributed by atoms with E-state index in [1.807, 2.05) is 48.7 Å². The Morgan fingerprint density at radius 1 is 1.00 bits per heavy atom. The van der Waals surface area contributed by atoms with Crippen LogP contribution >= 0.6 is 0 Å². The van der Waals surface area contributed by atoms with Crippen LogP contribution in [0.2, 0.25) is 0 Å². The minimum Gasteiger partial charge on any atom is -0.497 e. The fourth-order valence-corrected chi connectivity index (χ4v) is 2.54. The Hall–Kier alpha value is -2.88. The lowest BCUT2D eigenvalue weighted by molar-refractivity contribution is -0.483. The smallest absolute Gasteiger partial charge is 0.402 e. The zero-order chi connectivity index (χ0) is 14.2. The molecule has 4 rings (SSSR count). The maximum absolute atomic E-state index is 5.18. The largest absolute Gasteiger partial charge is 0.497 e. The van der Waals surface area contributed by atoms with Gasteiger partial charge in [-0.1, -0.05) is 17.1 Å². The van der Waals surface area contributed by atoms with E-state index in [0.717, 1.165) is 33.8 Å². The van der Waals surface area contributed by atoms with E-state index >= 15 is 0 Å². The Bertz CT molecular complexity index is 926. The molecule has 0 aliphatic heterocycles. The second-order valence-electron chi connectivity index (χ2n) is 4.88. The molecule has 0 aliphatic rings. The van der Waals surface area contributed by atoms with Crippen LogP contribution < -0.4 is 9.14 Å². The molecular weight excluding hydrogens is 262 g/mol. The standard InChI is InChI=1S/C17H13N3O/c1-21-13-8-6-12(7-9-13)14-10-11-20-16-5-3-2-4-15(16)19-17(20)18-14/h2-11H,1H3/p+1. The van der Waals surface area contributed by atoms with Crippen LogP contribution in [0.15, 0.2) is 60.8 Å². The van der Waals surface area contributed by atoms with Crippen molar-refractivity contribution in [3.8, 4) is 17.0 Å². The van der Waals surface area contributed by atoms with Gasteiger partial charge in [-0.3, -0.25) is 0 Å². The van der Waals surface area contributed by atoms with E-state index in [2.05, 4.69) is 21.5 Å². The first-order valence-corrected chi connectivity index (χ1v) is 6.79. The molecule has 2 aromatic heterocycles. The molecule has 4 nitrogen and oxygen atoms in total. The van der Waals surface area contributed by atoms with Crippen molar-refractivity contribution in [3.63, 3.8) is 0 Å². The number of H-pyrrole nitrogens is 1. The summed E-state index contributed by atoms with van der Waals surface area (Å²) < 4.78 is 7.24. The van der Waals surface area contributed by atoms with Crippen molar-refractivity contribution in [3.05, 3.63) is 60.8 Å². The molecule has 102 valence electrons. The summed E-state index contributed by atoms with van der Waals surface area (Å²) in [6.07, 6.45) is 2.04. The van der Waals surface area contributed by atoms with E-state index in [1.54, 1.807) is 7.11 Å². The number of hydrogen-bond donors (Lipinski definition) is 1. The Morgan fingerprint density at radius 2 is 1.81 bits per heavy atom. The molecule has 21 heavy (non-hydrogen) atoms. The second-order valence-corrected chi connectivity index (χ2v) is 4.88. The van der Waals surface area contributed by atoms with Crippen LogP contribution in [-0.4, -0.2) is 17.1 Å². The molecule has 0 amide bonds. The normalized spacial score (nSPS) is 11.1. The van der Waals surface area contributed by atoms with Gasteiger partial charge in [0.05, 0.1) is 13.3 Å². The van der Waals surface area contributed by atoms with E-state index in [-0.39, 0.29) is 0 Å². The van der Waals surface area contributed by atoms with E-state index in [4.69, 9.17) is 9.72 Å². The molecular formula is C17H14N3O+. The first-order chi connectivity index (χ1) is 10.3. The van der Waals surface area contributed by atoms with Crippen LogP contribution in [0.25, 0.3) is 28.1 Å². The Labute approximate surface area is 121 Å². The first kappa shape index (κ1) is 11.9. The topological polar surface area (TPSA) is 42.0 Å². The lowest BCUT2D eigenvalue weighted by Gasteiger charge is -2.00. The van der Waals surface area contributed by atoms with Gasteiger partial charge >= 0.3 is 5.78 Å². The van der Waals surface area contributed by atoms with Crippen LogP contribution in [0.1, 0.15) is 0 Å². The summed E-state index contributed by atoms with van der Waals surface area (Å²) in [5.74, 6) is 1.68. The van der Waals surface area contributed by atoms with Crippen molar-refractivity contribution >= 4 is 16.8 Å². The van der Waals surface area contributed by atoms with Gasteiger partial charge in [0.25, 0.3) is 0 Å². The molecule has 4 aromatic rings. The number of para-hydroxylation sites is 2. The Kier molecular flexibility index (Phi) is 2.60. The zero-order valence-corrected chi connectivity index (χ0v) is 11.6. The Balaban J connectivity index is 1.87. The lowest BCUT2D eigenvalue weighted by Crippen LogP contribution is -2.20. The van der Waals surface area contributed by atoms with Gasteiger partial charge in [-0.15, -0.1) is 0 Å². The monoisotopic (exact) mass is 276 g/mol. The first-order valence-electron chi connectivity index (χ1n) is 6.79. The molecule has 0 radical (unpaired) electrons. The molecule has 2 aromatic carbocycles. The second kappa shape index (κ2) is 4.59. The number of rotatable bonds is 2. The number of nitrogens with one attached hydrogen (secondary N) is 1. The summed E-state index contributed by atoms with van der Waals surface area (Å²) in [6.45, 7) is 0.